The van der Waals surface area contributed by atoms with Gasteiger partial charge in [0.05, 0.1) is 5.92 Å². The van der Waals surface area contributed by atoms with Gasteiger partial charge >= 0.3 is 0 Å². The number of amides is 2. The second-order valence-electron chi connectivity index (χ2n) is 9.80. The maximum atomic E-state index is 14.3. The first-order valence-corrected chi connectivity index (χ1v) is 12.3. The van der Waals surface area contributed by atoms with E-state index >= 15 is 0 Å². The monoisotopic (exact) mass is 445 g/mol. The first-order valence-electron chi connectivity index (χ1n) is 12.3. The Morgan fingerprint density at radius 1 is 1.03 bits per heavy atom. The fourth-order valence-corrected chi connectivity index (χ4v) is 6.68. The molecule has 172 valence electrons. The molecule has 4 aliphatic heterocycles. The lowest BCUT2D eigenvalue weighted by Crippen LogP contribution is -2.57. The average molecular weight is 446 g/mol. The first kappa shape index (κ1) is 20.8. The van der Waals surface area contributed by atoms with Gasteiger partial charge in [-0.3, -0.25) is 24.4 Å². The third-order valence-electron chi connectivity index (χ3n) is 8.05. The van der Waals surface area contributed by atoms with Crippen LogP contribution in [0.25, 0.3) is 0 Å². The van der Waals surface area contributed by atoms with Crippen molar-refractivity contribution in [3.8, 4) is 0 Å². The molecular weight excluding hydrogens is 414 g/mol. The van der Waals surface area contributed by atoms with Crippen molar-refractivity contribution in [3.05, 3.63) is 59.9 Å². The minimum absolute atomic E-state index is 0.0359. The summed E-state index contributed by atoms with van der Waals surface area (Å²) in [4.78, 5) is 38.8. The van der Waals surface area contributed by atoms with Gasteiger partial charge in [-0.1, -0.05) is 24.3 Å². The number of fused-ring (bicyclic) bond motifs is 4. The molecule has 7 heteroatoms. The van der Waals surface area contributed by atoms with Crippen LogP contribution in [0.2, 0.25) is 0 Å². The van der Waals surface area contributed by atoms with Crippen LogP contribution in [0.5, 0.6) is 0 Å². The maximum absolute atomic E-state index is 14.3. The van der Waals surface area contributed by atoms with Crippen LogP contribution in [-0.4, -0.2) is 65.4 Å². The van der Waals surface area contributed by atoms with Crippen LogP contribution in [0.1, 0.15) is 36.8 Å². The Bertz CT molecular complexity index is 1060. The number of nitrogens with zero attached hydrogens (tertiary/aromatic N) is 4. The van der Waals surface area contributed by atoms with Crippen molar-refractivity contribution in [3.63, 3.8) is 0 Å². The van der Waals surface area contributed by atoms with E-state index in [0.717, 1.165) is 68.7 Å². The topological polar surface area (TPSA) is 68.8 Å². The zero-order valence-corrected chi connectivity index (χ0v) is 18.9. The Labute approximate surface area is 194 Å². The van der Waals surface area contributed by atoms with Gasteiger partial charge in [-0.15, -0.1) is 0 Å². The van der Waals surface area contributed by atoms with Gasteiger partial charge in [-0.25, -0.2) is 0 Å². The van der Waals surface area contributed by atoms with Crippen LogP contribution < -0.4 is 10.2 Å². The number of rotatable bonds is 2. The molecule has 0 saturated carbocycles. The predicted octanol–water partition coefficient (Wildman–Crippen LogP) is 2.13. The molecule has 3 fully saturated rings. The summed E-state index contributed by atoms with van der Waals surface area (Å²) in [6, 6.07) is 12.5. The number of para-hydroxylation sites is 1. The molecule has 0 radical (unpaired) electrons. The van der Waals surface area contributed by atoms with Crippen molar-refractivity contribution < 1.29 is 9.59 Å². The molecule has 0 unspecified atom stereocenters. The molecule has 3 saturated heterocycles. The highest BCUT2D eigenvalue weighted by atomic mass is 16.2. The SMILES string of the molecule is O=C1NCCCN(Cc2cccnc2)CCN2C(=O)[C@@]3(c4ccccc42)[C@H]1C[C@@H]1CCCN13. The molecule has 1 aromatic heterocycles. The minimum atomic E-state index is -0.852. The highest BCUT2D eigenvalue weighted by Crippen LogP contribution is 2.56. The van der Waals surface area contributed by atoms with E-state index in [1.54, 1.807) is 6.20 Å². The lowest BCUT2D eigenvalue weighted by molar-refractivity contribution is -0.139. The van der Waals surface area contributed by atoms with Gasteiger partial charge in [0.1, 0.15) is 5.54 Å². The average Bonchev–Trinajstić information content (AvgIpc) is 3.49. The third-order valence-corrected chi connectivity index (χ3v) is 8.05. The highest BCUT2D eigenvalue weighted by Gasteiger charge is 2.67. The van der Waals surface area contributed by atoms with Crippen LogP contribution in [0, 0.1) is 5.92 Å². The molecule has 0 aliphatic carbocycles. The molecule has 5 heterocycles. The predicted molar refractivity (Wildman–Crippen MR) is 125 cm³/mol. The van der Waals surface area contributed by atoms with Crippen molar-refractivity contribution in [2.75, 3.05) is 37.6 Å². The third kappa shape index (κ3) is 3.21. The van der Waals surface area contributed by atoms with E-state index in [4.69, 9.17) is 0 Å². The number of aromatic nitrogens is 1. The molecule has 1 aromatic carbocycles. The van der Waals surface area contributed by atoms with E-state index in [1.165, 1.54) is 0 Å². The van der Waals surface area contributed by atoms with E-state index in [1.807, 2.05) is 29.3 Å². The molecule has 7 nitrogen and oxygen atoms in total. The van der Waals surface area contributed by atoms with Gasteiger partial charge in [0.25, 0.3) is 5.91 Å². The summed E-state index contributed by atoms with van der Waals surface area (Å²) in [6.07, 6.45) is 7.51. The van der Waals surface area contributed by atoms with Crippen LogP contribution in [-0.2, 0) is 21.7 Å². The Morgan fingerprint density at radius 3 is 2.82 bits per heavy atom. The molecule has 33 heavy (non-hydrogen) atoms. The number of carbonyl (C=O) groups excluding carboxylic acids is 2. The molecule has 1 spiro atoms. The van der Waals surface area contributed by atoms with Gasteiger partial charge in [0.15, 0.2) is 0 Å². The van der Waals surface area contributed by atoms with E-state index in [9.17, 15) is 9.59 Å². The quantitative estimate of drug-likeness (QED) is 0.767. The summed E-state index contributed by atoms with van der Waals surface area (Å²) in [5.41, 5.74) is 2.31. The van der Waals surface area contributed by atoms with Gasteiger partial charge in [-0.05, 0) is 49.9 Å². The van der Waals surface area contributed by atoms with E-state index < -0.39 is 5.54 Å². The summed E-state index contributed by atoms with van der Waals surface area (Å²) >= 11 is 0. The Balaban J connectivity index is 1.38. The van der Waals surface area contributed by atoms with Crippen LogP contribution in [0.3, 0.4) is 0 Å². The zero-order valence-electron chi connectivity index (χ0n) is 18.9. The normalized spacial score (nSPS) is 30.2. The molecular formula is C26H31N5O2. The second kappa shape index (κ2) is 8.22. The fourth-order valence-electron chi connectivity index (χ4n) is 6.68. The standard InChI is InChI=1S/C26H31N5O2/c32-24-22-16-20-7-4-13-31(20)26(22)21-8-1-2-9-23(21)30(25(26)33)15-14-29(12-5-11-28-24)18-19-6-3-10-27-17-19/h1-3,6,8-10,17,20,22H,4-5,7,11-16,18H2,(H,28,32)/t20-,22-,26+/m0/s1. The Hall–Kier alpha value is -2.77. The molecule has 2 amide bonds. The largest absolute Gasteiger partial charge is 0.356 e. The van der Waals surface area contributed by atoms with Crippen molar-refractivity contribution in [2.45, 2.75) is 43.8 Å². The van der Waals surface area contributed by atoms with Crippen LogP contribution in [0.4, 0.5) is 5.69 Å². The molecule has 4 aliphatic rings. The number of hydrogen-bond donors (Lipinski definition) is 1. The van der Waals surface area contributed by atoms with E-state index in [0.29, 0.717) is 19.1 Å². The van der Waals surface area contributed by atoms with E-state index in [-0.39, 0.29) is 17.7 Å². The number of pyridine rings is 1. The van der Waals surface area contributed by atoms with Crippen molar-refractivity contribution in [1.29, 1.82) is 0 Å². The maximum Gasteiger partial charge on any atom is 0.253 e. The van der Waals surface area contributed by atoms with Crippen molar-refractivity contribution in [1.82, 2.24) is 20.1 Å². The molecule has 3 atom stereocenters. The summed E-state index contributed by atoms with van der Waals surface area (Å²) in [7, 11) is 0. The van der Waals surface area contributed by atoms with Crippen LogP contribution >= 0.6 is 0 Å². The lowest BCUT2D eigenvalue weighted by Gasteiger charge is -2.38. The fraction of sp³-hybridized carbons (Fsp3) is 0.500. The second-order valence-corrected chi connectivity index (χ2v) is 9.80. The van der Waals surface area contributed by atoms with Gasteiger partial charge in [-0.2, -0.15) is 0 Å². The Kier molecular flexibility index (Phi) is 5.18. The number of benzene rings is 1. The first-order chi connectivity index (χ1) is 16.2. The van der Waals surface area contributed by atoms with Crippen molar-refractivity contribution >= 4 is 17.5 Å². The molecule has 2 aromatic rings. The number of carbonyl (C=O) groups is 2. The van der Waals surface area contributed by atoms with Gasteiger partial charge in [0, 0.05) is 62.4 Å². The summed E-state index contributed by atoms with van der Waals surface area (Å²) in [5, 5.41) is 3.20. The lowest BCUT2D eigenvalue weighted by atomic mass is 9.78. The molecule has 2 bridgehead atoms. The summed E-state index contributed by atoms with van der Waals surface area (Å²) in [5.74, 6) is -0.198. The summed E-state index contributed by atoms with van der Waals surface area (Å²) in [6.45, 7) is 4.59. The smallest absolute Gasteiger partial charge is 0.253 e. The van der Waals surface area contributed by atoms with Crippen LogP contribution in [0.15, 0.2) is 48.8 Å². The van der Waals surface area contributed by atoms with E-state index in [2.05, 4.69) is 38.3 Å². The van der Waals surface area contributed by atoms with Gasteiger partial charge in [0.2, 0.25) is 5.91 Å². The zero-order chi connectivity index (χ0) is 22.4. The molecule has 6 rings (SSSR count). The minimum Gasteiger partial charge on any atom is -0.356 e. The Morgan fingerprint density at radius 2 is 1.94 bits per heavy atom. The molecule has 1 N–H and O–H groups in total. The number of hydrogen-bond acceptors (Lipinski definition) is 5. The van der Waals surface area contributed by atoms with Gasteiger partial charge < -0.3 is 10.2 Å². The summed E-state index contributed by atoms with van der Waals surface area (Å²) < 4.78 is 0. The highest BCUT2D eigenvalue weighted by molar-refractivity contribution is 6.10. The van der Waals surface area contributed by atoms with Crippen molar-refractivity contribution in [2.24, 2.45) is 5.92 Å². The number of anilines is 1. The number of nitrogens with one attached hydrogen (secondary N) is 1.